The SMILES string of the molecule is CC/C=C\C/C=C\C/C=C\C/C=C\C/C=C\C/C=C\C/C=C\CCCCCC(=O)OCC(COC(=O)C/C=C\C/C=C\C/C=C\C/C=C\C/C=C\CC)OC(=O)CCCCCCCCCCCCCCCCCCCCC. The minimum atomic E-state index is -0.838. The van der Waals surface area contributed by atoms with Crippen LogP contribution in [0.3, 0.4) is 0 Å². The van der Waals surface area contributed by atoms with Gasteiger partial charge in [0.2, 0.25) is 0 Å². The number of carbonyl (C=O) groups is 3. The highest BCUT2D eigenvalue weighted by atomic mass is 16.6. The summed E-state index contributed by atoms with van der Waals surface area (Å²) in [6.07, 6.45) is 91.6. The van der Waals surface area contributed by atoms with E-state index in [9.17, 15) is 14.4 Å². The van der Waals surface area contributed by atoms with Crippen LogP contribution in [0.5, 0.6) is 0 Å². The number of rotatable bonds is 55. The van der Waals surface area contributed by atoms with Gasteiger partial charge < -0.3 is 14.2 Å². The summed E-state index contributed by atoms with van der Waals surface area (Å²) in [5.41, 5.74) is 0. The standard InChI is InChI=1S/C71H114O6/c1-4-7-10-13-16-19-22-25-28-30-32-33-34-35-36-37-39-40-43-46-49-52-55-58-61-64-70(73)76-67-68(66-75-69(72)63-60-57-54-51-48-45-42-27-24-21-18-15-12-9-6-3)77-71(74)65-62-59-56-53-50-47-44-41-38-31-29-26-23-20-17-14-11-8-5-2/h7,9-10,12,16,18-19,21,25,27-28,32-33,35-36,39-40,42,46,48-49,51,57,60,68H,4-6,8,11,13-15,17,20,22-24,26,29-31,34,37-38,41,43-45,47,50,52-56,58-59,61-67H2,1-3H3/b10-7-,12-9-,19-16-,21-18-,28-25-,33-32-,36-35-,40-39-,42-27-,49-46-,51-48-,60-57-. The van der Waals surface area contributed by atoms with Crippen molar-refractivity contribution in [1.82, 2.24) is 0 Å². The Balaban J connectivity index is 4.52. The molecule has 0 fully saturated rings. The molecule has 0 aliphatic rings. The van der Waals surface area contributed by atoms with Gasteiger partial charge in [-0.3, -0.25) is 14.4 Å². The lowest BCUT2D eigenvalue weighted by Gasteiger charge is -2.18. The lowest BCUT2D eigenvalue weighted by Crippen LogP contribution is -2.30. The Kier molecular flexibility index (Phi) is 59.9. The zero-order chi connectivity index (χ0) is 55.7. The molecule has 0 bridgehead atoms. The van der Waals surface area contributed by atoms with Crippen molar-refractivity contribution in [3.63, 3.8) is 0 Å². The minimum Gasteiger partial charge on any atom is -0.462 e. The molecule has 0 aliphatic heterocycles. The number of hydrogen-bond acceptors (Lipinski definition) is 6. The van der Waals surface area contributed by atoms with Gasteiger partial charge in [-0.05, 0) is 103 Å². The maximum absolute atomic E-state index is 12.9. The molecule has 0 aliphatic carbocycles. The highest BCUT2D eigenvalue weighted by molar-refractivity contribution is 5.72. The molecule has 0 N–H and O–H groups in total. The lowest BCUT2D eigenvalue weighted by molar-refractivity contribution is -0.166. The molecule has 1 atom stereocenters. The van der Waals surface area contributed by atoms with Gasteiger partial charge in [0, 0.05) is 12.8 Å². The average Bonchev–Trinajstić information content (AvgIpc) is 3.43. The van der Waals surface area contributed by atoms with Crippen molar-refractivity contribution in [3.05, 3.63) is 146 Å². The molecule has 0 saturated carbocycles. The van der Waals surface area contributed by atoms with Crippen LogP contribution < -0.4 is 0 Å². The first-order chi connectivity index (χ1) is 38.0. The Morgan fingerprint density at radius 3 is 0.909 bits per heavy atom. The smallest absolute Gasteiger partial charge is 0.309 e. The average molecular weight is 1060 g/mol. The highest BCUT2D eigenvalue weighted by Crippen LogP contribution is 2.16. The predicted octanol–water partition coefficient (Wildman–Crippen LogP) is 21.5. The molecule has 0 aromatic carbocycles. The fourth-order valence-electron chi connectivity index (χ4n) is 8.26. The van der Waals surface area contributed by atoms with Gasteiger partial charge in [-0.1, -0.05) is 289 Å². The molecule has 0 aromatic rings. The van der Waals surface area contributed by atoms with Crippen molar-refractivity contribution in [2.75, 3.05) is 13.2 Å². The van der Waals surface area contributed by atoms with Crippen LogP contribution in [-0.4, -0.2) is 37.2 Å². The maximum atomic E-state index is 12.9. The first-order valence-electron chi connectivity index (χ1n) is 31.3. The largest absolute Gasteiger partial charge is 0.462 e. The molecule has 0 radical (unpaired) electrons. The van der Waals surface area contributed by atoms with Gasteiger partial charge in [0.15, 0.2) is 6.10 Å². The minimum absolute atomic E-state index is 0.116. The number of unbranched alkanes of at least 4 members (excludes halogenated alkanes) is 21. The molecular formula is C71H114O6. The summed E-state index contributed by atoms with van der Waals surface area (Å²) in [6, 6.07) is 0. The van der Waals surface area contributed by atoms with E-state index < -0.39 is 12.1 Å². The zero-order valence-electron chi connectivity index (χ0n) is 49.7. The number of esters is 3. The summed E-state index contributed by atoms with van der Waals surface area (Å²) >= 11 is 0. The fourth-order valence-corrected chi connectivity index (χ4v) is 8.26. The van der Waals surface area contributed by atoms with Crippen LogP contribution in [0, 0.1) is 0 Å². The second kappa shape index (κ2) is 63.8. The van der Waals surface area contributed by atoms with E-state index in [1.807, 2.05) is 6.08 Å². The normalized spacial score (nSPS) is 13.1. The molecule has 6 heteroatoms. The second-order valence-corrected chi connectivity index (χ2v) is 20.2. The highest BCUT2D eigenvalue weighted by Gasteiger charge is 2.19. The molecule has 434 valence electrons. The summed E-state index contributed by atoms with van der Waals surface area (Å²) in [6.45, 7) is 6.31. The second-order valence-electron chi connectivity index (χ2n) is 20.2. The van der Waals surface area contributed by atoms with Gasteiger partial charge in [0.25, 0.3) is 0 Å². The summed E-state index contributed by atoms with van der Waals surface area (Å²) in [5, 5.41) is 0. The number of carbonyl (C=O) groups excluding carboxylic acids is 3. The third-order valence-electron chi connectivity index (χ3n) is 12.9. The molecule has 77 heavy (non-hydrogen) atoms. The van der Waals surface area contributed by atoms with E-state index in [1.165, 1.54) is 103 Å². The van der Waals surface area contributed by atoms with Crippen LogP contribution in [0.2, 0.25) is 0 Å². The van der Waals surface area contributed by atoms with Crippen LogP contribution >= 0.6 is 0 Å². The Morgan fingerprint density at radius 2 is 0.558 bits per heavy atom. The van der Waals surface area contributed by atoms with E-state index >= 15 is 0 Å². The zero-order valence-corrected chi connectivity index (χ0v) is 49.7. The third kappa shape index (κ3) is 62.0. The van der Waals surface area contributed by atoms with Crippen molar-refractivity contribution in [2.45, 2.75) is 271 Å². The van der Waals surface area contributed by atoms with Gasteiger partial charge in [-0.2, -0.15) is 0 Å². The van der Waals surface area contributed by atoms with Gasteiger partial charge in [-0.15, -0.1) is 0 Å². The number of hydrogen-bond donors (Lipinski definition) is 0. The first kappa shape index (κ1) is 72.3. The maximum Gasteiger partial charge on any atom is 0.309 e. The first-order valence-corrected chi connectivity index (χ1v) is 31.3. The summed E-state index contributed by atoms with van der Waals surface area (Å²) in [5.74, 6) is -1.09. The fraction of sp³-hybridized carbons (Fsp3) is 0.620. The van der Waals surface area contributed by atoms with Crippen molar-refractivity contribution < 1.29 is 28.6 Å². The van der Waals surface area contributed by atoms with E-state index in [4.69, 9.17) is 14.2 Å². The Morgan fingerprint density at radius 1 is 0.286 bits per heavy atom. The van der Waals surface area contributed by atoms with Gasteiger partial charge >= 0.3 is 17.9 Å². The van der Waals surface area contributed by atoms with Crippen molar-refractivity contribution in [3.8, 4) is 0 Å². The monoisotopic (exact) mass is 1060 g/mol. The van der Waals surface area contributed by atoms with Gasteiger partial charge in [-0.25, -0.2) is 0 Å². The molecule has 0 heterocycles. The summed E-state index contributed by atoms with van der Waals surface area (Å²) in [4.78, 5) is 38.2. The molecule has 1 unspecified atom stereocenters. The molecule has 0 spiro atoms. The van der Waals surface area contributed by atoms with Crippen LogP contribution in [0.1, 0.15) is 265 Å². The molecule has 0 aromatic heterocycles. The molecular weight excluding hydrogens is 949 g/mol. The summed E-state index contributed by atoms with van der Waals surface area (Å²) < 4.78 is 16.8. The predicted molar refractivity (Wildman–Crippen MR) is 334 cm³/mol. The Hall–Kier alpha value is -4.71. The molecule has 6 nitrogen and oxygen atoms in total. The summed E-state index contributed by atoms with van der Waals surface area (Å²) in [7, 11) is 0. The van der Waals surface area contributed by atoms with Crippen molar-refractivity contribution in [1.29, 1.82) is 0 Å². The van der Waals surface area contributed by atoms with Crippen molar-refractivity contribution in [2.24, 2.45) is 0 Å². The topological polar surface area (TPSA) is 78.9 Å². The third-order valence-corrected chi connectivity index (χ3v) is 12.9. The van der Waals surface area contributed by atoms with E-state index in [0.717, 1.165) is 122 Å². The molecule has 0 amide bonds. The quantitative estimate of drug-likeness (QED) is 0.0261. The van der Waals surface area contributed by atoms with E-state index in [-0.39, 0.29) is 31.6 Å². The Bertz CT molecular complexity index is 1700. The van der Waals surface area contributed by atoms with Crippen LogP contribution in [0.4, 0.5) is 0 Å². The van der Waals surface area contributed by atoms with E-state index in [0.29, 0.717) is 12.8 Å². The Labute approximate surface area is 474 Å². The lowest BCUT2D eigenvalue weighted by atomic mass is 10.0. The van der Waals surface area contributed by atoms with Gasteiger partial charge in [0.1, 0.15) is 13.2 Å². The van der Waals surface area contributed by atoms with Crippen LogP contribution in [0.25, 0.3) is 0 Å². The molecule has 0 rings (SSSR count). The molecule has 0 saturated heterocycles. The van der Waals surface area contributed by atoms with Crippen LogP contribution in [0.15, 0.2) is 146 Å². The van der Waals surface area contributed by atoms with Crippen molar-refractivity contribution >= 4 is 17.9 Å². The van der Waals surface area contributed by atoms with Crippen LogP contribution in [-0.2, 0) is 28.6 Å². The van der Waals surface area contributed by atoms with Gasteiger partial charge in [0.05, 0.1) is 6.42 Å². The van der Waals surface area contributed by atoms with E-state index in [2.05, 4.69) is 154 Å². The van der Waals surface area contributed by atoms with E-state index in [1.54, 1.807) is 6.08 Å². The number of ether oxygens (including phenoxy) is 3. The number of allylic oxidation sites excluding steroid dienone is 23.